The van der Waals surface area contributed by atoms with Crippen LogP contribution >= 0.6 is 0 Å². The number of anilines is 1. The van der Waals surface area contributed by atoms with Crippen molar-refractivity contribution in [2.24, 2.45) is 0 Å². The van der Waals surface area contributed by atoms with E-state index in [1.54, 1.807) is 12.1 Å². The largest absolute Gasteiger partial charge is 0.510 e. The highest BCUT2D eigenvalue weighted by molar-refractivity contribution is 5.94. The van der Waals surface area contributed by atoms with Crippen molar-refractivity contribution >= 4 is 11.7 Å². The number of nitrogens with zero attached hydrogens (tertiary/aromatic N) is 1. The molecular weight excluding hydrogens is 454 g/mol. The third kappa shape index (κ3) is 5.71. The van der Waals surface area contributed by atoms with Crippen LogP contribution in [0.15, 0.2) is 96.4 Å². The van der Waals surface area contributed by atoms with Gasteiger partial charge in [0.25, 0.3) is 0 Å². The number of hydrogen-bond donors (Lipinski definition) is 2. The van der Waals surface area contributed by atoms with Gasteiger partial charge >= 0.3 is 5.97 Å². The summed E-state index contributed by atoms with van der Waals surface area (Å²) in [6.45, 7) is 2.74. The Kier molecular flexibility index (Phi) is 8.28. The molecule has 1 unspecified atom stereocenters. The van der Waals surface area contributed by atoms with Crippen molar-refractivity contribution in [2.75, 3.05) is 24.7 Å². The maximum absolute atomic E-state index is 13.6. The van der Waals surface area contributed by atoms with Gasteiger partial charge in [-0.3, -0.25) is 0 Å². The van der Waals surface area contributed by atoms with Gasteiger partial charge in [0.1, 0.15) is 23.7 Å². The quantitative estimate of drug-likeness (QED) is 0.347. The molecule has 3 aromatic rings. The first-order valence-electron chi connectivity index (χ1n) is 12.4. The maximum atomic E-state index is 13.6. The molecule has 0 fully saturated rings. The zero-order valence-corrected chi connectivity index (χ0v) is 20.6. The third-order valence-electron chi connectivity index (χ3n) is 6.39. The first-order valence-corrected chi connectivity index (χ1v) is 12.4. The molecule has 36 heavy (non-hydrogen) atoms. The predicted molar refractivity (Wildman–Crippen MR) is 140 cm³/mol. The number of ether oxygens (including phenoxy) is 2. The van der Waals surface area contributed by atoms with Gasteiger partial charge in [-0.15, -0.1) is 0 Å². The molecule has 0 saturated heterocycles. The number of para-hydroxylation sites is 1. The zero-order chi connectivity index (χ0) is 25.4. The van der Waals surface area contributed by atoms with Gasteiger partial charge in [0.15, 0.2) is 5.70 Å². The van der Waals surface area contributed by atoms with Crippen LogP contribution in [0.5, 0.6) is 5.75 Å². The molecule has 0 bridgehead atoms. The summed E-state index contributed by atoms with van der Waals surface area (Å²) in [6.07, 6.45) is 2.16. The molecule has 0 spiro atoms. The Labute approximate surface area is 212 Å². The Morgan fingerprint density at radius 1 is 0.972 bits per heavy atom. The molecule has 6 nitrogen and oxygen atoms in total. The fraction of sp³-hybridized carbons (Fsp3) is 0.300. The molecule has 1 aliphatic rings. The highest BCUT2D eigenvalue weighted by Crippen LogP contribution is 2.43. The minimum absolute atomic E-state index is 0.0252. The third-order valence-corrected chi connectivity index (χ3v) is 6.39. The minimum atomic E-state index is -1.02. The number of rotatable bonds is 11. The van der Waals surface area contributed by atoms with E-state index in [0.29, 0.717) is 25.1 Å². The lowest BCUT2D eigenvalue weighted by Gasteiger charge is -2.40. The second-order valence-corrected chi connectivity index (χ2v) is 8.93. The molecule has 0 aliphatic carbocycles. The Balaban J connectivity index is 1.70. The SMILES string of the molecule is CCCN(C1=C(O)CC(CCc2ccccc2)(c2ccc(OCCO)cc2)OC1=O)c1ccccc1. The van der Waals surface area contributed by atoms with Crippen LogP contribution < -0.4 is 9.64 Å². The van der Waals surface area contributed by atoms with E-state index in [9.17, 15) is 9.90 Å². The number of cyclic esters (lactones) is 1. The lowest BCUT2D eigenvalue weighted by molar-refractivity contribution is -0.161. The lowest BCUT2D eigenvalue weighted by atomic mass is 9.82. The molecule has 188 valence electrons. The number of esters is 1. The molecular formula is C30H33NO5. The Bertz CT molecular complexity index is 1160. The van der Waals surface area contributed by atoms with Crippen LogP contribution in [0.1, 0.15) is 37.3 Å². The van der Waals surface area contributed by atoms with Gasteiger partial charge in [-0.25, -0.2) is 4.79 Å². The molecule has 0 aromatic heterocycles. The highest BCUT2D eigenvalue weighted by atomic mass is 16.6. The summed E-state index contributed by atoms with van der Waals surface area (Å²) in [6, 6.07) is 26.9. The van der Waals surface area contributed by atoms with E-state index in [-0.39, 0.29) is 31.1 Å². The summed E-state index contributed by atoms with van der Waals surface area (Å²) in [4.78, 5) is 15.4. The summed E-state index contributed by atoms with van der Waals surface area (Å²) in [5.74, 6) is 0.105. The fourth-order valence-corrected chi connectivity index (χ4v) is 4.66. The summed E-state index contributed by atoms with van der Waals surface area (Å²) in [5, 5.41) is 20.4. The zero-order valence-electron chi connectivity index (χ0n) is 20.6. The van der Waals surface area contributed by atoms with Gasteiger partial charge in [0, 0.05) is 12.2 Å². The average Bonchev–Trinajstić information content (AvgIpc) is 2.91. The lowest BCUT2D eigenvalue weighted by Crippen LogP contribution is -2.43. The number of hydrogen-bond acceptors (Lipinski definition) is 6. The van der Waals surface area contributed by atoms with Crippen molar-refractivity contribution in [2.45, 2.75) is 38.2 Å². The van der Waals surface area contributed by atoms with Gasteiger partial charge in [-0.1, -0.05) is 67.6 Å². The van der Waals surface area contributed by atoms with Crippen molar-refractivity contribution in [3.05, 3.63) is 108 Å². The van der Waals surface area contributed by atoms with E-state index < -0.39 is 11.6 Å². The van der Waals surface area contributed by atoms with Crippen LogP contribution in [0.2, 0.25) is 0 Å². The molecule has 3 aromatic carbocycles. The van der Waals surface area contributed by atoms with E-state index >= 15 is 0 Å². The fourth-order valence-electron chi connectivity index (χ4n) is 4.66. The van der Waals surface area contributed by atoms with Crippen LogP contribution in [-0.4, -0.2) is 35.9 Å². The van der Waals surface area contributed by atoms with Crippen LogP contribution in [-0.2, 0) is 21.6 Å². The van der Waals surface area contributed by atoms with Crippen molar-refractivity contribution in [1.82, 2.24) is 0 Å². The van der Waals surface area contributed by atoms with Gasteiger partial charge in [0.2, 0.25) is 0 Å². The van der Waals surface area contributed by atoms with Gasteiger partial charge in [0.05, 0.1) is 13.0 Å². The van der Waals surface area contributed by atoms with E-state index in [1.807, 2.05) is 84.6 Å². The average molecular weight is 488 g/mol. The number of aliphatic hydroxyl groups excluding tert-OH is 2. The number of carbonyl (C=O) groups excluding carboxylic acids is 1. The predicted octanol–water partition coefficient (Wildman–Crippen LogP) is 5.52. The molecule has 1 aliphatic heterocycles. The van der Waals surface area contributed by atoms with Gasteiger partial charge < -0.3 is 24.6 Å². The van der Waals surface area contributed by atoms with E-state index in [4.69, 9.17) is 14.6 Å². The second-order valence-electron chi connectivity index (χ2n) is 8.93. The molecule has 0 radical (unpaired) electrons. The Morgan fingerprint density at radius 2 is 1.64 bits per heavy atom. The number of aryl methyl sites for hydroxylation is 1. The van der Waals surface area contributed by atoms with E-state index in [0.717, 1.165) is 23.2 Å². The van der Waals surface area contributed by atoms with Crippen LogP contribution in [0.4, 0.5) is 5.69 Å². The van der Waals surface area contributed by atoms with Crippen molar-refractivity contribution < 1.29 is 24.5 Å². The number of benzene rings is 3. The Hall–Kier alpha value is -3.77. The standard InChI is InChI=1S/C30H33NO5/c1-2-19-31(25-11-7-4-8-12-25)28-27(33)22-30(36-29(28)34,18-17-23-9-5-3-6-10-23)24-13-15-26(16-14-24)35-21-20-32/h3-16,32-33H,2,17-22H2,1H3. The normalized spacial score (nSPS) is 17.6. The molecule has 2 N–H and O–H groups in total. The monoisotopic (exact) mass is 487 g/mol. The van der Waals surface area contributed by atoms with Gasteiger partial charge in [-0.2, -0.15) is 0 Å². The van der Waals surface area contributed by atoms with Crippen molar-refractivity contribution in [1.29, 1.82) is 0 Å². The number of carbonyl (C=O) groups is 1. The van der Waals surface area contributed by atoms with Crippen molar-refractivity contribution in [3.63, 3.8) is 0 Å². The topological polar surface area (TPSA) is 79.2 Å². The van der Waals surface area contributed by atoms with Crippen molar-refractivity contribution in [3.8, 4) is 5.75 Å². The van der Waals surface area contributed by atoms with E-state index in [2.05, 4.69) is 0 Å². The van der Waals surface area contributed by atoms with Gasteiger partial charge in [-0.05, 0) is 54.7 Å². The number of aliphatic hydroxyl groups is 2. The molecule has 1 atom stereocenters. The Morgan fingerprint density at radius 3 is 2.25 bits per heavy atom. The summed E-state index contributed by atoms with van der Waals surface area (Å²) < 4.78 is 11.8. The minimum Gasteiger partial charge on any atom is -0.510 e. The summed E-state index contributed by atoms with van der Waals surface area (Å²) in [5.41, 5.74) is 1.92. The summed E-state index contributed by atoms with van der Waals surface area (Å²) >= 11 is 0. The molecule has 1 heterocycles. The first-order chi connectivity index (χ1) is 17.6. The highest BCUT2D eigenvalue weighted by Gasteiger charge is 2.45. The molecule has 6 heteroatoms. The summed E-state index contributed by atoms with van der Waals surface area (Å²) in [7, 11) is 0. The first kappa shape index (κ1) is 25.3. The molecule has 0 saturated carbocycles. The van der Waals surface area contributed by atoms with Crippen LogP contribution in [0.25, 0.3) is 0 Å². The maximum Gasteiger partial charge on any atom is 0.359 e. The molecule has 4 rings (SSSR count). The van der Waals surface area contributed by atoms with Crippen LogP contribution in [0, 0.1) is 0 Å². The second kappa shape index (κ2) is 11.8. The van der Waals surface area contributed by atoms with E-state index in [1.165, 1.54) is 0 Å². The molecule has 0 amide bonds. The smallest absolute Gasteiger partial charge is 0.359 e. The van der Waals surface area contributed by atoms with Crippen LogP contribution in [0.3, 0.4) is 0 Å².